The molecular weight excluding hydrogens is 519 g/mol. The van der Waals surface area contributed by atoms with Crippen molar-refractivity contribution in [2.75, 3.05) is 6.54 Å². The van der Waals surface area contributed by atoms with Crippen LogP contribution in [0, 0.1) is 0 Å². The van der Waals surface area contributed by atoms with Gasteiger partial charge in [0.25, 0.3) is 0 Å². The normalized spacial score (nSPS) is 12.4. The molecule has 0 aliphatic carbocycles. The molecule has 2 aromatic rings. The van der Waals surface area contributed by atoms with E-state index in [-0.39, 0.29) is 17.9 Å². The number of hydrogen-bond donors (Lipinski definition) is 7. The average Bonchev–Trinajstić information content (AvgIpc) is 2.66. The summed E-state index contributed by atoms with van der Waals surface area (Å²) in [5.74, 6) is -1.79. The molecule has 0 saturated carbocycles. The number of carbonyl (C=O) groups excluding carboxylic acids is 1. The highest BCUT2D eigenvalue weighted by molar-refractivity contribution is 7.47. The van der Waals surface area contributed by atoms with Gasteiger partial charge in [0, 0.05) is 12.6 Å². The molecule has 1 amide bonds. The van der Waals surface area contributed by atoms with Crippen molar-refractivity contribution in [1.29, 1.82) is 0 Å². The maximum absolute atomic E-state index is 12.0. The summed E-state index contributed by atoms with van der Waals surface area (Å²) in [5, 5.41) is 2.58. The maximum atomic E-state index is 12.0. The second-order valence-electron chi connectivity index (χ2n) is 6.47. The molecule has 0 heterocycles. The molecule has 34 heavy (non-hydrogen) atoms. The van der Waals surface area contributed by atoms with E-state index in [1.165, 1.54) is 24.3 Å². The Kier molecular flexibility index (Phi) is 9.21. The summed E-state index contributed by atoms with van der Waals surface area (Å²) >= 11 is 0. The third-order valence-electron chi connectivity index (χ3n) is 3.69. The molecule has 2 aromatic carbocycles. The Morgan fingerprint density at radius 3 is 1.91 bits per heavy atom. The lowest BCUT2D eigenvalue weighted by molar-refractivity contribution is -0.116. The van der Waals surface area contributed by atoms with Crippen molar-refractivity contribution >= 4 is 35.5 Å². The van der Waals surface area contributed by atoms with Crippen LogP contribution in [-0.4, -0.2) is 41.8 Å². The molecule has 186 valence electrons. The zero-order valence-electron chi connectivity index (χ0n) is 17.0. The number of phosphoric ester groups is 3. The Hall–Kier alpha value is -2.50. The van der Waals surface area contributed by atoms with Crippen LogP contribution in [-0.2, 0) is 24.9 Å². The van der Waals surface area contributed by atoms with Gasteiger partial charge in [-0.3, -0.25) is 34.2 Å². The molecule has 0 atom stereocenters. The lowest BCUT2D eigenvalue weighted by Gasteiger charge is -2.13. The molecule has 0 aliphatic heterocycles. The van der Waals surface area contributed by atoms with Crippen molar-refractivity contribution in [3.63, 3.8) is 0 Å². The standard InChI is InChI=1S/C17H20NO13P3/c19-17(18-10-9-12-1-5-14(6-2-12)29-32(20,21)22)8-4-13-3-7-15(30-33(23,24)25)16(11-13)31-34(26,27)28/h1-8,11H,9-10H2,(H,18,19)(H2,20,21,22)(H2,23,24,25)(H2,26,27,28). The first-order valence-corrected chi connectivity index (χ1v) is 13.6. The van der Waals surface area contributed by atoms with Gasteiger partial charge < -0.3 is 18.9 Å². The molecule has 7 N–H and O–H groups in total. The summed E-state index contributed by atoms with van der Waals surface area (Å²) in [5.41, 5.74) is 0.958. The monoisotopic (exact) mass is 539 g/mol. The predicted molar refractivity (Wildman–Crippen MR) is 117 cm³/mol. The minimum atomic E-state index is -5.08. The van der Waals surface area contributed by atoms with E-state index in [2.05, 4.69) is 18.9 Å². The Labute approximate surface area is 192 Å². The van der Waals surface area contributed by atoms with E-state index in [4.69, 9.17) is 29.4 Å². The molecule has 0 radical (unpaired) electrons. The van der Waals surface area contributed by atoms with Gasteiger partial charge in [0.2, 0.25) is 5.91 Å². The molecular formula is C17H20NO13P3. The van der Waals surface area contributed by atoms with Gasteiger partial charge in [0.05, 0.1) is 0 Å². The van der Waals surface area contributed by atoms with Crippen molar-refractivity contribution in [3.8, 4) is 17.2 Å². The van der Waals surface area contributed by atoms with Crippen LogP contribution in [0.1, 0.15) is 11.1 Å². The van der Waals surface area contributed by atoms with E-state index in [9.17, 15) is 18.5 Å². The fraction of sp³-hybridized carbons (Fsp3) is 0.118. The number of nitrogens with one attached hydrogen (secondary N) is 1. The summed E-state index contributed by atoms with van der Waals surface area (Å²) in [6.07, 6.45) is 2.76. The summed E-state index contributed by atoms with van der Waals surface area (Å²) in [6.45, 7) is 0.212. The topological polar surface area (TPSA) is 229 Å². The van der Waals surface area contributed by atoms with Crippen LogP contribution in [0.25, 0.3) is 6.08 Å². The molecule has 0 aliphatic rings. The second-order valence-corrected chi connectivity index (χ2v) is 9.96. The third-order valence-corrected chi connectivity index (χ3v) is 5.01. The maximum Gasteiger partial charge on any atom is 0.524 e. The first kappa shape index (κ1) is 27.7. The minimum absolute atomic E-state index is 0.0108. The quantitative estimate of drug-likeness (QED) is 0.159. The Balaban J connectivity index is 1.97. The van der Waals surface area contributed by atoms with Crippen molar-refractivity contribution in [2.45, 2.75) is 6.42 Å². The van der Waals surface area contributed by atoms with Gasteiger partial charge in [-0.05, 0) is 47.9 Å². The summed E-state index contributed by atoms with van der Waals surface area (Å²) in [7, 11) is -14.8. The van der Waals surface area contributed by atoms with Gasteiger partial charge in [-0.1, -0.05) is 18.2 Å². The predicted octanol–water partition coefficient (Wildman–Crippen LogP) is 1.47. The van der Waals surface area contributed by atoms with Gasteiger partial charge in [0.1, 0.15) is 5.75 Å². The van der Waals surface area contributed by atoms with Gasteiger partial charge in [-0.25, -0.2) is 13.7 Å². The van der Waals surface area contributed by atoms with Gasteiger partial charge in [-0.15, -0.1) is 0 Å². The second kappa shape index (κ2) is 11.3. The summed E-state index contributed by atoms with van der Waals surface area (Å²) in [4.78, 5) is 65.3. The van der Waals surface area contributed by atoms with E-state index in [1.54, 1.807) is 12.1 Å². The highest BCUT2D eigenvalue weighted by Crippen LogP contribution is 2.47. The Bertz CT molecular complexity index is 1180. The van der Waals surface area contributed by atoms with Crippen LogP contribution >= 0.6 is 23.5 Å². The molecule has 0 fully saturated rings. The van der Waals surface area contributed by atoms with Crippen LogP contribution in [0.4, 0.5) is 0 Å². The fourth-order valence-electron chi connectivity index (χ4n) is 2.45. The molecule has 2 rings (SSSR count). The van der Waals surface area contributed by atoms with Gasteiger partial charge >= 0.3 is 23.5 Å². The van der Waals surface area contributed by atoms with Gasteiger partial charge in [-0.2, -0.15) is 0 Å². The minimum Gasteiger partial charge on any atom is -0.404 e. The van der Waals surface area contributed by atoms with E-state index in [0.717, 1.165) is 23.8 Å². The zero-order chi connectivity index (χ0) is 25.6. The first-order chi connectivity index (χ1) is 15.6. The lowest BCUT2D eigenvalue weighted by atomic mass is 10.1. The molecule has 17 heteroatoms. The van der Waals surface area contributed by atoms with Crippen LogP contribution < -0.4 is 18.9 Å². The number of phosphoric acid groups is 3. The van der Waals surface area contributed by atoms with E-state index in [0.29, 0.717) is 6.42 Å². The number of benzene rings is 2. The molecule has 0 unspecified atom stereocenters. The molecule has 14 nitrogen and oxygen atoms in total. The van der Waals surface area contributed by atoms with Gasteiger partial charge in [0.15, 0.2) is 11.5 Å². The van der Waals surface area contributed by atoms with E-state index in [1.807, 2.05) is 0 Å². The van der Waals surface area contributed by atoms with Crippen LogP contribution in [0.5, 0.6) is 17.2 Å². The number of rotatable bonds is 11. The summed E-state index contributed by atoms with van der Waals surface area (Å²) in [6, 6.07) is 9.15. The van der Waals surface area contributed by atoms with E-state index >= 15 is 0 Å². The Morgan fingerprint density at radius 2 is 1.35 bits per heavy atom. The lowest BCUT2D eigenvalue weighted by Crippen LogP contribution is -2.23. The van der Waals surface area contributed by atoms with Crippen molar-refractivity contribution in [1.82, 2.24) is 5.32 Å². The number of amides is 1. The number of hydrogen-bond acceptors (Lipinski definition) is 7. The van der Waals surface area contributed by atoms with E-state index < -0.39 is 40.9 Å². The zero-order valence-corrected chi connectivity index (χ0v) is 19.7. The molecule has 0 bridgehead atoms. The van der Waals surface area contributed by atoms with Crippen LogP contribution in [0.15, 0.2) is 48.5 Å². The molecule has 0 aromatic heterocycles. The molecule has 0 saturated heterocycles. The summed E-state index contributed by atoms with van der Waals surface area (Å²) < 4.78 is 46.1. The largest absolute Gasteiger partial charge is 0.524 e. The SMILES string of the molecule is O=C(C=Cc1ccc(OP(=O)(O)O)c(OP(=O)(O)O)c1)NCCc1ccc(OP(=O)(O)O)cc1. The van der Waals surface area contributed by atoms with Crippen molar-refractivity contribution in [2.24, 2.45) is 0 Å². The van der Waals surface area contributed by atoms with Crippen LogP contribution in [0.2, 0.25) is 0 Å². The Morgan fingerprint density at radius 1 is 0.794 bits per heavy atom. The highest BCUT2D eigenvalue weighted by Gasteiger charge is 2.24. The fourth-order valence-corrected chi connectivity index (χ4v) is 3.65. The molecule has 0 spiro atoms. The highest BCUT2D eigenvalue weighted by atomic mass is 31.2. The number of carbonyl (C=O) groups is 1. The third kappa shape index (κ3) is 11.1. The van der Waals surface area contributed by atoms with Crippen LogP contribution in [0.3, 0.4) is 0 Å². The smallest absolute Gasteiger partial charge is 0.404 e. The first-order valence-electron chi connectivity index (χ1n) is 9.04. The average molecular weight is 539 g/mol. The van der Waals surface area contributed by atoms with Crippen molar-refractivity contribution < 1.29 is 61.4 Å². The van der Waals surface area contributed by atoms with Crippen molar-refractivity contribution in [3.05, 3.63) is 59.7 Å².